The Morgan fingerprint density at radius 2 is 2.32 bits per heavy atom. The third-order valence-corrected chi connectivity index (χ3v) is 4.17. The van der Waals surface area contributed by atoms with Gasteiger partial charge in [-0.25, -0.2) is 0 Å². The SMILES string of the molecule is CC(N)C(c1cccc(Cl)c1)N1CCC(CCO)C1. The minimum Gasteiger partial charge on any atom is -0.396 e. The lowest BCUT2D eigenvalue weighted by atomic mass is 9.99. The van der Waals surface area contributed by atoms with Gasteiger partial charge in [0.15, 0.2) is 0 Å². The van der Waals surface area contributed by atoms with Crippen molar-refractivity contribution < 1.29 is 5.11 Å². The lowest BCUT2D eigenvalue weighted by molar-refractivity contribution is 0.201. The predicted molar refractivity (Wildman–Crippen MR) is 79.2 cm³/mol. The molecule has 1 fully saturated rings. The van der Waals surface area contributed by atoms with Gasteiger partial charge in [-0.1, -0.05) is 23.7 Å². The van der Waals surface area contributed by atoms with Gasteiger partial charge in [0.2, 0.25) is 0 Å². The fourth-order valence-corrected chi connectivity index (χ4v) is 3.27. The highest BCUT2D eigenvalue weighted by Gasteiger charge is 2.30. The molecule has 19 heavy (non-hydrogen) atoms. The Morgan fingerprint density at radius 1 is 1.53 bits per heavy atom. The number of aliphatic hydroxyl groups is 1. The summed E-state index contributed by atoms with van der Waals surface area (Å²) in [6.07, 6.45) is 2.03. The number of nitrogens with zero attached hydrogens (tertiary/aromatic N) is 1. The second-order valence-corrected chi connectivity index (χ2v) is 5.96. The Kier molecular flexibility index (Phi) is 5.22. The number of aliphatic hydroxyl groups excluding tert-OH is 1. The second kappa shape index (κ2) is 6.71. The summed E-state index contributed by atoms with van der Waals surface area (Å²) >= 11 is 6.09. The largest absolute Gasteiger partial charge is 0.396 e. The van der Waals surface area contributed by atoms with Crippen LogP contribution < -0.4 is 5.73 Å². The maximum atomic E-state index is 9.05. The zero-order valence-corrected chi connectivity index (χ0v) is 12.2. The molecule has 0 radical (unpaired) electrons. The van der Waals surface area contributed by atoms with Crippen molar-refractivity contribution >= 4 is 11.6 Å². The smallest absolute Gasteiger partial charge is 0.0497 e. The highest BCUT2D eigenvalue weighted by Crippen LogP contribution is 2.31. The summed E-state index contributed by atoms with van der Waals surface area (Å²) in [6.45, 7) is 4.38. The molecule has 0 bridgehead atoms. The highest BCUT2D eigenvalue weighted by atomic mass is 35.5. The Labute approximate surface area is 120 Å². The first-order chi connectivity index (χ1) is 9.11. The summed E-state index contributed by atoms with van der Waals surface area (Å²) in [5.74, 6) is 0.588. The van der Waals surface area contributed by atoms with Gasteiger partial charge >= 0.3 is 0 Å². The van der Waals surface area contributed by atoms with Crippen molar-refractivity contribution in [1.29, 1.82) is 0 Å². The van der Waals surface area contributed by atoms with Crippen molar-refractivity contribution in [3.63, 3.8) is 0 Å². The van der Waals surface area contributed by atoms with Gasteiger partial charge in [-0.05, 0) is 49.9 Å². The van der Waals surface area contributed by atoms with Gasteiger partial charge < -0.3 is 10.8 Å². The molecule has 1 aromatic carbocycles. The van der Waals surface area contributed by atoms with Crippen LogP contribution in [0.4, 0.5) is 0 Å². The van der Waals surface area contributed by atoms with Crippen molar-refractivity contribution in [2.75, 3.05) is 19.7 Å². The topological polar surface area (TPSA) is 49.5 Å². The van der Waals surface area contributed by atoms with E-state index in [0.717, 1.165) is 31.0 Å². The van der Waals surface area contributed by atoms with E-state index < -0.39 is 0 Å². The molecular weight excluding hydrogens is 260 g/mol. The molecular formula is C15H23ClN2O. The van der Waals surface area contributed by atoms with Crippen LogP contribution in [0.15, 0.2) is 24.3 Å². The molecule has 3 N–H and O–H groups in total. The van der Waals surface area contributed by atoms with Gasteiger partial charge in [-0.2, -0.15) is 0 Å². The number of nitrogens with two attached hydrogens (primary N) is 1. The fraction of sp³-hybridized carbons (Fsp3) is 0.600. The van der Waals surface area contributed by atoms with Crippen molar-refractivity contribution in [3.05, 3.63) is 34.9 Å². The quantitative estimate of drug-likeness (QED) is 0.872. The molecule has 0 amide bonds. The molecule has 3 unspecified atom stereocenters. The predicted octanol–water partition coefficient (Wildman–Crippen LogP) is 2.43. The molecule has 0 aromatic heterocycles. The third kappa shape index (κ3) is 3.69. The lowest BCUT2D eigenvalue weighted by Gasteiger charge is -2.31. The molecule has 2 rings (SSSR count). The fourth-order valence-electron chi connectivity index (χ4n) is 3.07. The molecule has 0 aliphatic carbocycles. The minimum atomic E-state index is 0.0614. The van der Waals surface area contributed by atoms with Crippen molar-refractivity contribution in [1.82, 2.24) is 4.90 Å². The maximum Gasteiger partial charge on any atom is 0.0497 e. The summed E-state index contributed by atoms with van der Waals surface area (Å²) in [7, 11) is 0. The summed E-state index contributed by atoms with van der Waals surface area (Å²) in [5, 5.41) is 9.81. The normalized spacial score (nSPS) is 23.5. The zero-order chi connectivity index (χ0) is 13.8. The Bertz CT molecular complexity index is 411. The number of rotatable bonds is 5. The monoisotopic (exact) mass is 282 g/mol. The summed E-state index contributed by atoms with van der Waals surface area (Å²) in [4.78, 5) is 2.43. The van der Waals surface area contributed by atoms with Crippen molar-refractivity contribution in [2.45, 2.75) is 31.8 Å². The molecule has 1 heterocycles. The second-order valence-electron chi connectivity index (χ2n) is 5.52. The van der Waals surface area contributed by atoms with E-state index >= 15 is 0 Å². The summed E-state index contributed by atoms with van der Waals surface area (Å²) in [5.41, 5.74) is 7.37. The van der Waals surface area contributed by atoms with Crippen LogP contribution in [-0.4, -0.2) is 35.7 Å². The first-order valence-corrected chi connectivity index (χ1v) is 7.35. The molecule has 4 heteroatoms. The number of hydrogen-bond donors (Lipinski definition) is 2. The van der Waals surface area contributed by atoms with Crippen LogP contribution in [0, 0.1) is 5.92 Å². The van der Waals surface area contributed by atoms with E-state index in [1.54, 1.807) is 0 Å². The highest BCUT2D eigenvalue weighted by molar-refractivity contribution is 6.30. The number of halogens is 1. The van der Waals surface area contributed by atoms with Gasteiger partial charge in [0.25, 0.3) is 0 Å². The number of benzene rings is 1. The standard InChI is InChI=1S/C15H23ClN2O/c1-11(17)15(13-3-2-4-14(16)9-13)18-7-5-12(10-18)6-8-19/h2-4,9,11-12,15,19H,5-8,10,17H2,1H3. The van der Waals surface area contributed by atoms with Gasteiger partial charge in [0, 0.05) is 30.3 Å². The van der Waals surface area contributed by atoms with Gasteiger partial charge in [0.1, 0.15) is 0 Å². The number of hydrogen-bond acceptors (Lipinski definition) is 3. The van der Waals surface area contributed by atoms with Crippen LogP contribution >= 0.6 is 11.6 Å². The first-order valence-electron chi connectivity index (χ1n) is 6.97. The van der Waals surface area contributed by atoms with Crippen LogP contribution in [0.2, 0.25) is 5.02 Å². The van der Waals surface area contributed by atoms with E-state index in [4.69, 9.17) is 22.4 Å². The Morgan fingerprint density at radius 3 is 2.95 bits per heavy atom. The zero-order valence-electron chi connectivity index (χ0n) is 11.4. The molecule has 1 aliphatic heterocycles. The molecule has 0 saturated carbocycles. The lowest BCUT2D eigenvalue weighted by Crippen LogP contribution is -2.38. The summed E-state index contributed by atoms with van der Waals surface area (Å²) in [6, 6.07) is 8.25. The van der Waals surface area contributed by atoms with Crippen LogP contribution in [0.25, 0.3) is 0 Å². The van der Waals surface area contributed by atoms with E-state index in [2.05, 4.69) is 11.0 Å². The minimum absolute atomic E-state index is 0.0614. The number of likely N-dealkylation sites (tertiary alicyclic amines) is 1. The summed E-state index contributed by atoms with van der Waals surface area (Å²) < 4.78 is 0. The molecule has 1 aromatic rings. The van der Waals surface area contributed by atoms with E-state index in [0.29, 0.717) is 5.92 Å². The Hall–Kier alpha value is -0.610. The molecule has 1 aliphatic rings. The van der Waals surface area contributed by atoms with Gasteiger partial charge in [-0.3, -0.25) is 4.90 Å². The molecule has 106 valence electrons. The Balaban J connectivity index is 2.13. The maximum absolute atomic E-state index is 9.05. The average molecular weight is 283 g/mol. The van der Waals surface area contributed by atoms with Crippen LogP contribution in [0.5, 0.6) is 0 Å². The third-order valence-electron chi connectivity index (χ3n) is 3.94. The van der Waals surface area contributed by atoms with E-state index in [1.165, 1.54) is 5.56 Å². The van der Waals surface area contributed by atoms with Crippen LogP contribution in [0.1, 0.15) is 31.4 Å². The van der Waals surface area contributed by atoms with Crippen molar-refractivity contribution in [3.8, 4) is 0 Å². The van der Waals surface area contributed by atoms with Gasteiger partial charge in [-0.15, -0.1) is 0 Å². The van der Waals surface area contributed by atoms with E-state index in [1.807, 2.05) is 25.1 Å². The van der Waals surface area contributed by atoms with E-state index in [9.17, 15) is 0 Å². The molecule has 3 atom stereocenters. The molecule has 1 saturated heterocycles. The van der Waals surface area contributed by atoms with Crippen LogP contribution in [0.3, 0.4) is 0 Å². The molecule has 0 spiro atoms. The average Bonchev–Trinajstić information content (AvgIpc) is 2.78. The van der Waals surface area contributed by atoms with E-state index in [-0.39, 0.29) is 18.7 Å². The molecule has 3 nitrogen and oxygen atoms in total. The van der Waals surface area contributed by atoms with Crippen molar-refractivity contribution in [2.24, 2.45) is 11.7 Å². The first kappa shape index (κ1) is 14.8. The van der Waals surface area contributed by atoms with Gasteiger partial charge in [0.05, 0.1) is 0 Å². The van der Waals surface area contributed by atoms with Crippen LogP contribution in [-0.2, 0) is 0 Å².